The first-order chi connectivity index (χ1) is 15.5. The van der Waals surface area contributed by atoms with E-state index in [1.54, 1.807) is 11.0 Å². The lowest BCUT2D eigenvalue weighted by atomic mass is 9.94. The number of hydrogen-bond acceptors (Lipinski definition) is 2. The van der Waals surface area contributed by atoms with Crippen molar-refractivity contribution < 1.29 is 4.79 Å². The highest BCUT2D eigenvalue weighted by atomic mass is 35.5. The molecule has 32 heavy (non-hydrogen) atoms. The number of para-hydroxylation sites is 1. The lowest BCUT2D eigenvalue weighted by Crippen LogP contribution is -2.41. The highest BCUT2D eigenvalue weighted by molar-refractivity contribution is 7.80. The molecule has 2 aromatic carbocycles. The summed E-state index contributed by atoms with van der Waals surface area (Å²) in [6, 6.07) is 13.9. The molecule has 1 N–H and O–H groups in total. The molecule has 164 valence electrons. The normalized spacial score (nSPS) is 18.7. The molecule has 0 atom stereocenters. The summed E-state index contributed by atoms with van der Waals surface area (Å²) in [5, 5.41) is 6.00. The van der Waals surface area contributed by atoms with Crippen molar-refractivity contribution >= 4 is 63.4 Å². The van der Waals surface area contributed by atoms with Crippen molar-refractivity contribution in [2.24, 2.45) is 0 Å². The molecule has 5 rings (SSSR count). The van der Waals surface area contributed by atoms with Crippen LogP contribution in [0.4, 0.5) is 0 Å². The highest BCUT2D eigenvalue weighted by Crippen LogP contribution is 2.30. The highest BCUT2D eigenvalue weighted by Gasteiger charge is 2.36. The lowest BCUT2D eigenvalue weighted by Gasteiger charge is -2.29. The minimum atomic E-state index is -0.0283. The van der Waals surface area contributed by atoms with Gasteiger partial charge in [-0.2, -0.15) is 0 Å². The SMILES string of the molecule is O=C1/C(=C/c2cn(Cc3ccc(Cl)cc3Cl)c3ccccc23)NC(=S)N1C1CCCCC1. The number of halogens is 2. The van der Waals surface area contributed by atoms with E-state index in [2.05, 4.69) is 28.2 Å². The van der Waals surface area contributed by atoms with Gasteiger partial charge in [-0.15, -0.1) is 0 Å². The first-order valence-corrected chi connectivity index (χ1v) is 12.1. The third-order valence-electron chi connectivity index (χ3n) is 6.32. The predicted octanol–water partition coefficient (Wildman–Crippen LogP) is 6.39. The Kier molecular flexibility index (Phi) is 5.97. The number of carbonyl (C=O) groups excluding carboxylic acids is 1. The van der Waals surface area contributed by atoms with Gasteiger partial charge in [0.25, 0.3) is 5.91 Å². The smallest absolute Gasteiger partial charge is 0.276 e. The van der Waals surface area contributed by atoms with Crippen LogP contribution in [0.25, 0.3) is 17.0 Å². The van der Waals surface area contributed by atoms with Crippen molar-refractivity contribution in [1.82, 2.24) is 14.8 Å². The average molecular weight is 484 g/mol. The van der Waals surface area contributed by atoms with Gasteiger partial charge in [0.15, 0.2) is 5.11 Å². The molecule has 1 aliphatic heterocycles. The van der Waals surface area contributed by atoms with Gasteiger partial charge >= 0.3 is 0 Å². The van der Waals surface area contributed by atoms with Crippen molar-refractivity contribution in [3.05, 3.63) is 75.5 Å². The summed E-state index contributed by atoms with van der Waals surface area (Å²) >= 11 is 18.0. The summed E-state index contributed by atoms with van der Waals surface area (Å²) in [5.41, 5.74) is 3.56. The summed E-state index contributed by atoms with van der Waals surface area (Å²) in [4.78, 5) is 15.0. The van der Waals surface area contributed by atoms with Gasteiger partial charge in [0.1, 0.15) is 5.70 Å². The number of thiocarbonyl (C=S) groups is 1. The summed E-state index contributed by atoms with van der Waals surface area (Å²) in [6.45, 7) is 0.605. The molecule has 1 saturated carbocycles. The van der Waals surface area contributed by atoms with Crippen LogP contribution in [-0.2, 0) is 11.3 Å². The fourth-order valence-electron chi connectivity index (χ4n) is 4.73. The van der Waals surface area contributed by atoms with Crippen LogP contribution >= 0.6 is 35.4 Å². The van der Waals surface area contributed by atoms with Crippen LogP contribution in [0.1, 0.15) is 43.2 Å². The van der Waals surface area contributed by atoms with Gasteiger partial charge in [-0.25, -0.2) is 0 Å². The summed E-state index contributed by atoms with van der Waals surface area (Å²) < 4.78 is 2.15. The van der Waals surface area contributed by atoms with Crippen LogP contribution in [0.5, 0.6) is 0 Å². The number of nitrogens with zero attached hydrogens (tertiary/aromatic N) is 2. The van der Waals surface area contributed by atoms with E-state index in [4.69, 9.17) is 35.4 Å². The third-order valence-corrected chi connectivity index (χ3v) is 7.21. The van der Waals surface area contributed by atoms with Gasteiger partial charge in [-0.1, -0.05) is 66.7 Å². The van der Waals surface area contributed by atoms with Crippen molar-refractivity contribution in [1.29, 1.82) is 0 Å². The van der Waals surface area contributed by atoms with Gasteiger partial charge in [0.2, 0.25) is 0 Å². The van der Waals surface area contributed by atoms with Crippen molar-refractivity contribution in [2.45, 2.75) is 44.7 Å². The number of hydrogen-bond donors (Lipinski definition) is 1. The van der Waals surface area contributed by atoms with Crippen LogP contribution < -0.4 is 5.32 Å². The van der Waals surface area contributed by atoms with E-state index in [1.165, 1.54) is 6.42 Å². The molecule has 2 aliphatic rings. The second-order valence-corrected chi connectivity index (χ2v) is 9.65. The van der Waals surface area contributed by atoms with Gasteiger partial charge in [-0.05, 0) is 54.9 Å². The zero-order valence-electron chi connectivity index (χ0n) is 17.5. The monoisotopic (exact) mass is 483 g/mol. The molecule has 1 aliphatic carbocycles. The number of nitrogens with one attached hydrogen (secondary N) is 1. The van der Waals surface area contributed by atoms with Crippen LogP contribution in [0.3, 0.4) is 0 Å². The standard InChI is InChI=1S/C25H23Cl2N3OS/c26-18-11-10-16(21(27)13-18)14-29-15-17(20-8-4-5-9-23(20)29)12-22-24(31)30(25(32)28-22)19-6-2-1-3-7-19/h4-5,8-13,15,19H,1-3,6-7,14H2,(H,28,32)/b22-12-. The number of fused-ring (bicyclic) bond motifs is 1. The Morgan fingerprint density at radius 3 is 2.66 bits per heavy atom. The minimum Gasteiger partial charge on any atom is -0.342 e. The molecule has 0 unspecified atom stereocenters. The number of carbonyl (C=O) groups is 1. The Morgan fingerprint density at radius 2 is 1.88 bits per heavy atom. The molecule has 2 heterocycles. The zero-order chi connectivity index (χ0) is 22.2. The maximum atomic E-state index is 13.2. The Balaban J connectivity index is 1.49. The van der Waals surface area contributed by atoms with Crippen LogP contribution in [-0.4, -0.2) is 26.5 Å². The van der Waals surface area contributed by atoms with E-state index in [9.17, 15) is 4.79 Å². The molecule has 1 saturated heterocycles. The second-order valence-electron chi connectivity index (χ2n) is 8.42. The molecule has 1 amide bonds. The maximum absolute atomic E-state index is 13.2. The number of aromatic nitrogens is 1. The molecule has 4 nitrogen and oxygen atoms in total. The van der Waals surface area contributed by atoms with E-state index in [-0.39, 0.29) is 11.9 Å². The first kappa shape index (κ1) is 21.5. The van der Waals surface area contributed by atoms with E-state index in [0.717, 1.165) is 47.7 Å². The largest absolute Gasteiger partial charge is 0.342 e. The van der Waals surface area contributed by atoms with Crippen molar-refractivity contribution in [3.63, 3.8) is 0 Å². The summed E-state index contributed by atoms with van der Waals surface area (Å²) in [7, 11) is 0. The molecular formula is C25H23Cl2N3OS. The van der Waals surface area contributed by atoms with E-state index in [0.29, 0.717) is 27.4 Å². The second kappa shape index (κ2) is 8.89. The Hall–Kier alpha value is -2.34. The Labute approximate surface area is 202 Å². The molecule has 7 heteroatoms. The van der Waals surface area contributed by atoms with Gasteiger partial charge < -0.3 is 9.88 Å². The Bertz CT molecular complexity index is 1240. The predicted molar refractivity (Wildman–Crippen MR) is 135 cm³/mol. The van der Waals surface area contributed by atoms with E-state index >= 15 is 0 Å². The quantitative estimate of drug-likeness (QED) is 0.345. The average Bonchev–Trinajstić information content (AvgIpc) is 3.27. The molecule has 2 fully saturated rings. The minimum absolute atomic E-state index is 0.0283. The molecule has 3 aromatic rings. The fraction of sp³-hybridized carbons (Fsp3) is 0.280. The number of benzene rings is 2. The maximum Gasteiger partial charge on any atom is 0.276 e. The topological polar surface area (TPSA) is 37.3 Å². The molecule has 0 bridgehead atoms. The van der Waals surface area contributed by atoms with Crippen LogP contribution in [0.15, 0.2) is 54.4 Å². The summed E-state index contributed by atoms with van der Waals surface area (Å²) in [5.74, 6) is -0.0283. The van der Waals surface area contributed by atoms with E-state index < -0.39 is 0 Å². The molecule has 0 spiro atoms. The zero-order valence-corrected chi connectivity index (χ0v) is 19.8. The van der Waals surface area contributed by atoms with E-state index in [1.807, 2.05) is 30.3 Å². The Morgan fingerprint density at radius 1 is 1.09 bits per heavy atom. The van der Waals surface area contributed by atoms with Gasteiger partial charge in [0, 0.05) is 45.3 Å². The molecule has 1 aromatic heterocycles. The number of amides is 1. The number of rotatable bonds is 4. The lowest BCUT2D eigenvalue weighted by molar-refractivity contribution is -0.124. The fourth-order valence-corrected chi connectivity index (χ4v) is 5.54. The third kappa shape index (κ3) is 4.05. The molecular weight excluding hydrogens is 461 g/mol. The van der Waals surface area contributed by atoms with Gasteiger partial charge in [-0.3, -0.25) is 9.69 Å². The molecule has 0 radical (unpaired) electrons. The van der Waals surface area contributed by atoms with Crippen LogP contribution in [0.2, 0.25) is 10.0 Å². The summed E-state index contributed by atoms with van der Waals surface area (Å²) in [6.07, 6.45) is 9.54. The first-order valence-electron chi connectivity index (χ1n) is 10.9. The van der Waals surface area contributed by atoms with Crippen molar-refractivity contribution in [3.8, 4) is 0 Å². The van der Waals surface area contributed by atoms with Gasteiger partial charge in [0.05, 0.1) is 0 Å². The van der Waals surface area contributed by atoms with Crippen LogP contribution in [0, 0.1) is 0 Å². The van der Waals surface area contributed by atoms with Crippen molar-refractivity contribution in [2.75, 3.05) is 0 Å².